The third-order valence-electron chi connectivity index (χ3n) is 3.88. The number of aromatic nitrogens is 4. The molecule has 0 unspecified atom stereocenters. The second-order valence-corrected chi connectivity index (χ2v) is 5.99. The molecule has 3 heterocycles. The van der Waals surface area contributed by atoms with Crippen molar-refractivity contribution in [2.45, 2.75) is 39.8 Å². The molecule has 0 fully saturated rings. The number of hydrogen-bond acceptors (Lipinski definition) is 3. The normalized spacial score (nSPS) is 14.8. The Balaban J connectivity index is 1.98. The zero-order chi connectivity index (χ0) is 14.1. The summed E-state index contributed by atoms with van der Waals surface area (Å²) in [6.45, 7) is 7.26. The first-order chi connectivity index (χ1) is 9.65. The summed E-state index contributed by atoms with van der Waals surface area (Å²) in [5.74, 6) is 2.91. The fourth-order valence-corrected chi connectivity index (χ4v) is 2.82. The molecule has 0 bridgehead atoms. The number of imidazole rings is 2. The van der Waals surface area contributed by atoms with Gasteiger partial charge in [-0.15, -0.1) is 0 Å². The highest BCUT2D eigenvalue weighted by atomic mass is 15.2. The van der Waals surface area contributed by atoms with Gasteiger partial charge in [-0.05, 0) is 5.92 Å². The summed E-state index contributed by atoms with van der Waals surface area (Å²) in [5, 5.41) is 3.41. The molecule has 2 aromatic heterocycles. The molecular formula is C15H23N5. The first-order valence-corrected chi connectivity index (χ1v) is 7.39. The minimum absolute atomic E-state index is 0.618. The van der Waals surface area contributed by atoms with Gasteiger partial charge in [0, 0.05) is 51.1 Å². The Morgan fingerprint density at radius 2 is 2.20 bits per heavy atom. The fourth-order valence-electron chi connectivity index (χ4n) is 2.82. The highest BCUT2D eigenvalue weighted by molar-refractivity contribution is 5.21. The van der Waals surface area contributed by atoms with Gasteiger partial charge in [0.05, 0.1) is 12.2 Å². The Labute approximate surface area is 120 Å². The van der Waals surface area contributed by atoms with Crippen LogP contribution in [0.2, 0.25) is 0 Å². The van der Waals surface area contributed by atoms with Crippen molar-refractivity contribution in [1.82, 2.24) is 24.4 Å². The molecule has 0 amide bonds. The molecule has 20 heavy (non-hydrogen) atoms. The molecule has 1 N–H and O–H groups in total. The molecule has 0 spiro atoms. The molecule has 0 radical (unpaired) electrons. The van der Waals surface area contributed by atoms with Crippen LogP contribution in [-0.2, 0) is 33.0 Å². The highest BCUT2D eigenvalue weighted by Gasteiger charge is 2.20. The standard InChI is InChI=1S/C15H23N5/c1-11(2)8-14-18-12-9-16-5-4-13(12)20(14)10-15-17-6-7-19(15)3/h6-7,11,16H,4-5,8-10H2,1-3H3. The average molecular weight is 273 g/mol. The molecule has 1 aliphatic rings. The zero-order valence-electron chi connectivity index (χ0n) is 12.6. The first kappa shape index (κ1) is 13.4. The molecule has 1 aliphatic heterocycles. The minimum atomic E-state index is 0.618. The molecule has 0 atom stereocenters. The third kappa shape index (κ3) is 2.50. The van der Waals surface area contributed by atoms with Crippen molar-refractivity contribution in [2.24, 2.45) is 13.0 Å². The summed E-state index contributed by atoms with van der Waals surface area (Å²) < 4.78 is 4.48. The molecule has 0 saturated carbocycles. The molecule has 108 valence electrons. The number of nitrogens with one attached hydrogen (secondary N) is 1. The maximum Gasteiger partial charge on any atom is 0.128 e. The Kier molecular flexibility index (Phi) is 3.61. The maximum absolute atomic E-state index is 4.86. The number of hydrogen-bond donors (Lipinski definition) is 1. The van der Waals surface area contributed by atoms with E-state index in [1.165, 1.54) is 17.2 Å². The van der Waals surface area contributed by atoms with Gasteiger partial charge in [-0.3, -0.25) is 0 Å². The summed E-state index contributed by atoms with van der Waals surface area (Å²) in [6.07, 6.45) is 5.95. The lowest BCUT2D eigenvalue weighted by molar-refractivity contribution is 0.559. The predicted octanol–water partition coefficient (Wildman–Crippen LogP) is 1.51. The van der Waals surface area contributed by atoms with Crippen LogP contribution in [-0.4, -0.2) is 25.6 Å². The van der Waals surface area contributed by atoms with Crippen LogP contribution < -0.4 is 5.32 Å². The van der Waals surface area contributed by atoms with E-state index in [1.54, 1.807) is 0 Å². The van der Waals surface area contributed by atoms with Gasteiger partial charge >= 0.3 is 0 Å². The zero-order valence-corrected chi connectivity index (χ0v) is 12.6. The highest BCUT2D eigenvalue weighted by Crippen LogP contribution is 2.19. The minimum Gasteiger partial charge on any atom is -0.337 e. The van der Waals surface area contributed by atoms with Crippen LogP contribution in [0.3, 0.4) is 0 Å². The Morgan fingerprint density at radius 1 is 1.35 bits per heavy atom. The third-order valence-corrected chi connectivity index (χ3v) is 3.88. The number of aryl methyl sites for hydroxylation is 1. The van der Waals surface area contributed by atoms with Gasteiger partial charge in [-0.2, -0.15) is 0 Å². The van der Waals surface area contributed by atoms with E-state index in [1.807, 2.05) is 12.4 Å². The van der Waals surface area contributed by atoms with E-state index in [2.05, 4.69) is 40.3 Å². The average Bonchev–Trinajstić information content (AvgIpc) is 2.95. The molecule has 0 aromatic carbocycles. The summed E-state index contributed by atoms with van der Waals surface area (Å²) >= 11 is 0. The van der Waals surface area contributed by atoms with Crippen LogP contribution in [0.5, 0.6) is 0 Å². The number of rotatable bonds is 4. The van der Waals surface area contributed by atoms with Crippen LogP contribution >= 0.6 is 0 Å². The Hall–Kier alpha value is -1.62. The molecule has 0 saturated heterocycles. The molecule has 2 aromatic rings. The molecule has 5 heteroatoms. The summed E-state index contributed by atoms with van der Waals surface area (Å²) in [6, 6.07) is 0. The fraction of sp³-hybridized carbons (Fsp3) is 0.600. The molecule has 5 nitrogen and oxygen atoms in total. The monoisotopic (exact) mass is 273 g/mol. The Bertz CT molecular complexity index is 593. The van der Waals surface area contributed by atoms with Crippen molar-refractivity contribution in [3.8, 4) is 0 Å². The van der Waals surface area contributed by atoms with Crippen LogP contribution in [0.4, 0.5) is 0 Å². The van der Waals surface area contributed by atoms with E-state index in [0.717, 1.165) is 38.3 Å². The van der Waals surface area contributed by atoms with Crippen LogP contribution in [0.1, 0.15) is 36.9 Å². The number of fused-ring (bicyclic) bond motifs is 1. The summed E-state index contributed by atoms with van der Waals surface area (Å²) in [4.78, 5) is 9.32. The van der Waals surface area contributed by atoms with Gasteiger partial charge in [0.2, 0.25) is 0 Å². The van der Waals surface area contributed by atoms with Crippen LogP contribution in [0.25, 0.3) is 0 Å². The van der Waals surface area contributed by atoms with Crippen molar-refractivity contribution < 1.29 is 0 Å². The first-order valence-electron chi connectivity index (χ1n) is 7.39. The number of nitrogens with zero attached hydrogens (tertiary/aromatic N) is 4. The van der Waals surface area contributed by atoms with E-state index in [-0.39, 0.29) is 0 Å². The maximum atomic E-state index is 4.86. The molecule has 3 rings (SSSR count). The van der Waals surface area contributed by atoms with Crippen molar-refractivity contribution in [1.29, 1.82) is 0 Å². The van der Waals surface area contributed by atoms with E-state index in [0.29, 0.717) is 5.92 Å². The van der Waals surface area contributed by atoms with Crippen molar-refractivity contribution in [3.63, 3.8) is 0 Å². The largest absolute Gasteiger partial charge is 0.337 e. The van der Waals surface area contributed by atoms with E-state index in [4.69, 9.17) is 4.98 Å². The van der Waals surface area contributed by atoms with E-state index in [9.17, 15) is 0 Å². The van der Waals surface area contributed by atoms with Gasteiger partial charge in [0.1, 0.15) is 11.6 Å². The lowest BCUT2D eigenvalue weighted by Gasteiger charge is -2.16. The summed E-state index contributed by atoms with van der Waals surface area (Å²) in [5.41, 5.74) is 2.61. The van der Waals surface area contributed by atoms with E-state index >= 15 is 0 Å². The van der Waals surface area contributed by atoms with E-state index < -0.39 is 0 Å². The second-order valence-electron chi connectivity index (χ2n) is 5.99. The lowest BCUT2D eigenvalue weighted by Crippen LogP contribution is -2.25. The topological polar surface area (TPSA) is 47.7 Å². The Morgan fingerprint density at radius 3 is 2.90 bits per heavy atom. The van der Waals surface area contributed by atoms with Gasteiger partial charge < -0.3 is 14.5 Å². The molecular weight excluding hydrogens is 250 g/mol. The van der Waals surface area contributed by atoms with Crippen molar-refractivity contribution in [2.75, 3.05) is 6.54 Å². The van der Waals surface area contributed by atoms with Crippen LogP contribution in [0.15, 0.2) is 12.4 Å². The van der Waals surface area contributed by atoms with Gasteiger partial charge in [0.25, 0.3) is 0 Å². The molecule has 0 aliphatic carbocycles. The quantitative estimate of drug-likeness (QED) is 0.918. The van der Waals surface area contributed by atoms with Crippen molar-refractivity contribution >= 4 is 0 Å². The smallest absolute Gasteiger partial charge is 0.128 e. The summed E-state index contributed by atoms with van der Waals surface area (Å²) in [7, 11) is 2.05. The van der Waals surface area contributed by atoms with Crippen molar-refractivity contribution in [3.05, 3.63) is 35.4 Å². The van der Waals surface area contributed by atoms with Gasteiger partial charge in [0.15, 0.2) is 0 Å². The lowest BCUT2D eigenvalue weighted by atomic mass is 10.1. The van der Waals surface area contributed by atoms with Gasteiger partial charge in [-0.25, -0.2) is 9.97 Å². The SMILES string of the molecule is CC(C)Cc1nc2c(n1Cc1nccn1C)CCNC2. The van der Waals surface area contributed by atoms with Gasteiger partial charge in [-0.1, -0.05) is 13.8 Å². The van der Waals surface area contributed by atoms with Crippen LogP contribution in [0, 0.1) is 5.92 Å². The predicted molar refractivity (Wildman–Crippen MR) is 78.5 cm³/mol. The second kappa shape index (κ2) is 5.40.